The van der Waals surface area contributed by atoms with Crippen LogP contribution < -0.4 is 20.7 Å². The second-order valence-electron chi connectivity index (χ2n) is 13.8. The van der Waals surface area contributed by atoms with Crippen LogP contribution in [-0.4, -0.2) is 101 Å². The maximum Gasteiger partial charge on any atom is 0.429 e. The van der Waals surface area contributed by atoms with Crippen LogP contribution in [0.3, 0.4) is 0 Å². The van der Waals surface area contributed by atoms with Crippen molar-refractivity contribution in [1.29, 1.82) is 0 Å². The molecule has 1 saturated carbocycles. The standard InChI is InChI=1S/C35H39ClF3N7O4/c36-23-4-7-25(26(17-23)21-2-1-3-22(16-21)31(47)46-14-12-44(13-15-46)24-5-6-24)30(35(37,38)39)50-29-18-28(42-33(40)43-29)45-10-8-34(9-11-45)19-27(32(48)49)41-20-34/h1-4,7,16-18,24,27,30,41H,5-6,8-15,19-20H2,(H,48,49)(H2,40,42,43)/t27-,30+/m0/s1. The summed E-state index contributed by atoms with van der Waals surface area (Å²) in [5.41, 5.74) is 6.55. The van der Waals surface area contributed by atoms with Gasteiger partial charge >= 0.3 is 12.1 Å². The molecule has 3 saturated heterocycles. The van der Waals surface area contributed by atoms with Crippen LogP contribution in [0.2, 0.25) is 5.02 Å². The first-order valence-electron chi connectivity index (χ1n) is 16.9. The van der Waals surface area contributed by atoms with Crippen molar-refractivity contribution in [3.8, 4) is 17.0 Å². The molecule has 1 aliphatic carbocycles. The summed E-state index contributed by atoms with van der Waals surface area (Å²) >= 11 is 6.33. The van der Waals surface area contributed by atoms with E-state index in [1.54, 1.807) is 29.2 Å². The van der Waals surface area contributed by atoms with Crippen LogP contribution in [-0.2, 0) is 4.79 Å². The maximum atomic E-state index is 14.9. The number of ether oxygens (including phenoxy) is 1. The predicted octanol–water partition coefficient (Wildman–Crippen LogP) is 5.01. The lowest BCUT2D eigenvalue weighted by molar-refractivity contribution is -0.198. The number of rotatable bonds is 8. The van der Waals surface area contributed by atoms with Crippen LogP contribution in [0.5, 0.6) is 5.88 Å². The van der Waals surface area contributed by atoms with Crippen LogP contribution in [0.4, 0.5) is 24.9 Å². The van der Waals surface area contributed by atoms with E-state index in [-0.39, 0.29) is 39.3 Å². The zero-order valence-corrected chi connectivity index (χ0v) is 28.1. The van der Waals surface area contributed by atoms with E-state index < -0.39 is 24.3 Å². The molecule has 3 aliphatic heterocycles. The SMILES string of the molecule is Nc1nc(O[C@H](c2ccc(Cl)cc2-c2cccc(C(=O)N3CCN(C4CC4)CC3)c2)C(F)(F)F)cc(N2CCC3(CC2)CN[C@H](C(=O)O)C3)n1. The Hall–Kier alpha value is -4.14. The Kier molecular flexibility index (Phi) is 9.29. The van der Waals surface area contributed by atoms with Gasteiger partial charge in [0.1, 0.15) is 11.9 Å². The average molecular weight is 714 g/mol. The quantitative estimate of drug-likeness (QED) is 0.292. The van der Waals surface area contributed by atoms with Crippen LogP contribution in [0.1, 0.15) is 54.1 Å². The molecule has 2 aromatic carbocycles. The van der Waals surface area contributed by atoms with Gasteiger partial charge in [0, 0.05) is 74.1 Å². The molecule has 11 nitrogen and oxygen atoms in total. The fourth-order valence-corrected chi connectivity index (χ4v) is 7.67. The number of hydrogen-bond acceptors (Lipinski definition) is 9. The molecular weight excluding hydrogens is 675 g/mol. The first-order chi connectivity index (χ1) is 23.9. The second-order valence-corrected chi connectivity index (χ2v) is 14.2. The highest BCUT2D eigenvalue weighted by Crippen LogP contribution is 2.44. The van der Waals surface area contributed by atoms with Crippen molar-refractivity contribution in [2.45, 2.75) is 56.5 Å². The number of halogens is 4. The molecule has 0 unspecified atom stereocenters. The topological polar surface area (TPSA) is 137 Å². The lowest BCUT2D eigenvalue weighted by atomic mass is 9.76. The Bertz CT molecular complexity index is 1760. The number of nitrogen functional groups attached to an aromatic ring is 1. The normalized spacial score (nSPS) is 21.7. The van der Waals surface area contributed by atoms with E-state index in [1.807, 2.05) is 4.90 Å². The second kappa shape index (κ2) is 13.5. The smallest absolute Gasteiger partial charge is 0.429 e. The summed E-state index contributed by atoms with van der Waals surface area (Å²) in [4.78, 5) is 39.3. The van der Waals surface area contributed by atoms with Gasteiger partial charge in [0.15, 0.2) is 0 Å². The summed E-state index contributed by atoms with van der Waals surface area (Å²) in [5.74, 6) is -1.32. The van der Waals surface area contributed by atoms with Crippen molar-refractivity contribution in [3.63, 3.8) is 0 Å². The number of anilines is 2. The minimum Gasteiger partial charge on any atom is -0.480 e. The molecule has 1 amide bonds. The Morgan fingerprint density at radius 3 is 2.42 bits per heavy atom. The highest BCUT2D eigenvalue weighted by Gasteiger charge is 2.46. The number of alkyl halides is 3. The Labute approximate surface area is 292 Å². The zero-order chi connectivity index (χ0) is 35.2. The molecule has 266 valence electrons. The molecule has 1 spiro atoms. The van der Waals surface area contributed by atoms with Crippen molar-refractivity contribution in [1.82, 2.24) is 25.1 Å². The van der Waals surface area contributed by atoms with E-state index in [4.69, 9.17) is 22.1 Å². The summed E-state index contributed by atoms with van der Waals surface area (Å²) in [5, 5.41) is 12.7. The molecule has 4 N–H and O–H groups in total. The van der Waals surface area contributed by atoms with Crippen LogP contribution >= 0.6 is 11.6 Å². The van der Waals surface area contributed by atoms with Gasteiger partial charge in [-0.3, -0.25) is 14.5 Å². The Morgan fingerprint density at radius 2 is 1.76 bits per heavy atom. The van der Waals surface area contributed by atoms with E-state index in [2.05, 4.69) is 20.2 Å². The number of aliphatic carboxylic acids is 1. The number of nitrogens with zero attached hydrogens (tertiary/aromatic N) is 5. The number of carbonyl (C=O) groups is 2. The zero-order valence-electron chi connectivity index (χ0n) is 27.3. The van der Waals surface area contributed by atoms with Gasteiger partial charge < -0.3 is 30.7 Å². The third-order valence-corrected chi connectivity index (χ3v) is 10.7. The van der Waals surface area contributed by atoms with Gasteiger partial charge in [-0.1, -0.05) is 29.8 Å². The van der Waals surface area contributed by atoms with Gasteiger partial charge in [-0.05, 0) is 72.9 Å². The molecule has 2 atom stereocenters. The molecule has 15 heteroatoms. The fourth-order valence-electron chi connectivity index (χ4n) is 7.50. The highest BCUT2D eigenvalue weighted by atomic mass is 35.5. The number of carbonyl (C=O) groups excluding carboxylic acids is 1. The van der Waals surface area contributed by atoms with Crippen LogP contribution in [0, 0.1) is 5.41 Å². The number of benzene rings is 2. The molecule has 0 radical (unpaired) electrons. The lowest BCUT2D eigenvalue weighted by Crippen LogP contribution is -2.49. The summed E-state index contributed by atoms with van der Waals surface area (Å²) in [6, 6.07) is 12.0. The number of aromatic nitrogens is 2. The minimum absolute atomic E-state index is 0.168. The molecule has 4 fully saturated rings. The van der Waals surface area contributed by atoms with Crippen molar-refractivity contribution in [2.75, 3.05) is 56.4 Å². The molecular formula is C35H39ClF3N7O4. The van der Waals surface area contributed by atoms with E-state index in [9.17, 15) is 27.9 Å². The van der Waals surface area contributed by atoms with E-state index >= 15 is 0 Å². The first kappa shape index (κ1) is 34.3. The van der Waals surface area contributed by atoms with Crippen molar-refractivity contribution >= 4 is 35.2 Å². The predicted molar refractivity (Wildman–Crippen MR) is 181 cm³/mol. The van der Waals surface area contributed by atoms with Gasteiger partial charge in [0.05, 0.1) is 0 Å². The number of piperidine rings is 1. The van der Waals surface area contributed by atoms with Crippen molar-refractivity contribution in [3.05, 3.63) is 64.7 Å². The lowest BCUT2D eigenvalue weighted by Gasteiger charge is -2.39. The summed E-state index contributed by atoms with van der Waals surface area (Å²) in [6.07, 6.45) is -3.05. The molecule has 0 bridgehead atoms. The molecule has 7 rings (SSSR count). The maximum absolute atomic E-state index is 14.9. The number of hydrogen-bond donors (Lipinski definition) is 3. The summed E-state index contributed by atoms with van der Waals surface area (Å²) < 4.78 is 50.3. The third-order valence-electron chi connectivity index (χ3n) is 10.4. The molecule has 50 heavy (non-hydrogen) atoms. The van der Waals surface area contributed by atoms with E-state index in [0.717, 1.165) is 13.1 Å². The number of nitrogens with two attached hydrogens (primary N) is 1. The molecule has 3 aromatic rings. The van der Waals surface area contributed by atoms with Crippen LogP contribution in [0.15, 0.2) is 48.5 Å². The number of carboxylic acids is 1. The summed E-state index contributed by atoms with van der Waals surface area (Å²) in [6.45, 7) is 4.41. The Balaban J connectivity index is 1.12. The number of amides is 1. The van der Waals surface area contributed by atoms with E-state index in [0.29, 0.717) is 75.0 Å². The first-order valence-corrected chi connectivity index (χ1v) is 17.3. The van der Waals surface area contributed by atoms with Gasteiger partial charge in [0.25, 0.3) is 5.91 Å². The van der Waals surface area contributed by atoms with Gasteiger partial charge in [-0.2, -0.15) is 23.1 Å². The fraction of sp³-hybridized carbons (Fsp3) is 0.486. The summed E-state index contributed by atoms with van der Waals surface area (Å²) in [7, 11) is 0. The molecule has 4 heterocycles. The monoisotopic (exact) mass is 713 g/mol. The van der Waals surface area contributed by atoms with Gasteiger partial charge in [-0.25, -0.2) is 0 Å². The number of nitrogens with one attached hydrogen (secondary N) is 1. The number of carboxylic acid groups (broad SMARTS) is 1. The minimum atomic E-state index is -4.87. The third kappa shape index (κ3) is 7.33. The average Bonchev–Trinajstić information content (AvgIpc) is 3.87. The largest absolute Gasteiger partial charge is 0.480 e. The van der Waals surface area contributed by atoms with Gasteiger partial charge in [-0.15, -0.1) is 0 Å². The van der Waals surface area contributed by atoms with Crippen molar-refractivity contribution in [2.24, 2.45) is 5.41 Å². The molecule has 4 aliphatic rings. The number of piperazine rings is 1. The highest BCUT2D eigenvalue weighted by molar-refractivity contribution is 6.30. The van der Waals surface area contributed by atoms with Crippen LogP contribution in [0.25, 0.3) is 11.1 Å². The Morgan fingerprint density at radius 1 is 1.02 bits per heavy atom. The van der Waals surface area contributed by atoms with Gasteiger partial charge in [0.2, 0.25) is 17.9 Å². The van der Waals surface area contributed by atoms with E-state index in [1.165, 1.54) is 37.1 Å². The van der Waals surface area contributed by atoms with Crippen molar-refractivity contribution < 1.29 is 32.6 Å². The molecule has 1 aromatic heterocycles.